The summed E-state index contributed by atoms with van der Waals surface area (Å²) in [4.78, 5) is 39.9. The van der Waals surface area contributed by atoms with E-state index in [0.717, 1.165) is 6.20 Å². The third kappa shape index (κ3) is 4.48. The largest absolute Gasteiger partial charge is 0.356 e. The molecular weight excluding hydrogens is 419 g/mol. The topological polar surface area (TPSA) is 100 Å². The molecule has 0 spiro atoms. The lowest BCUT2D eigenvalue weighted by molar-refractivity contribution is -0.124. The number of thiophene rings is 1. The lowest BCUT2D eigenvalue weighted by Gasteiger charge is -2.18. The van der Waals surface area contributed by atoms with Crippen LogP contribution >= 0.6 is 11.3 Å². The number of hydrogen-bond acceptors (Lipinski definition) is 7. The summed E-state index contributed by atoms with van der Waals surface area (Å²) in [6, 6.07) is 2.92. The molecule has 4 heterocycles. The van der Waals surface area contributed by atoms with Crippen LogP contribution in [0.2, 0.25) is 0 Å². The second-order valence-corrected chi connectivity index (χ2v) is 8.38. The first-order valence-electron chi connectivity index (χ1n) is 10.2. The Morgan fingerprint density at radius 3 is 2.97 bits per heavy atom. The van der Waals surface area contributed by atoms with Crippen molar-refractivity contribution >= 4 is 39.3 Å². The van der Waals surface area contributed by atoms with Gasteiger partial charge in [0, 0.05) is 25.8 Å². The highest BCUT2D eigenvalue weighted by atomic mass is 32.1. The Bertz CT molecular complexity index is 1120. The van der Waals surface area contributed by atoms with Gasteiger partial charge in [-0.15, -0.1) is 11.3 Å². The number of amides is 2. The lowest BCUT2D eigenvalue weighted by Crippen LogP contribution is -2.34. The lowest BCUT2D eigenvalue weighted by atomic mass is 10.1. The van der Waals surface area contributed by atoms with Crippen molar-refractivity contribution in [3.63, 3.8) is 0 Å². The van der Waals surface area contributed by atoms with Crippen molar-refractivity contribution in [2.45, 2.75) is 26.3 Å². The maximum Gasteiger partial charge on any atom is 0.274 e. The molecule has 3 aromatic rings. The van der Waals surface area contributed by atoms with Crippen molar-refractivity contribution in [3.05, 3.63) is 47.0 Å². The van der Waals surface area contributed by atoms with Crippen LogP contribution in [0.1, 0.15) is 42.4 Å². The molecule has 31 heavy (non-hydrogen) atoms. The van der Waals surface area contributed by atoms with Gasteiger partial charge < -0.3 is 15.5 Å². The molecule has 8 nitrogen and oxygen atoms in total. The molecule has 1 unspecified atom stereocenters. The minimum Gasteiger partial charge on any atom is -0.356 e. The van der Waals surface area contributed by atoms with E-state index in [4.69, 9.17) is 0 Å². The SMILES string of the molecule is CCNC(=O)C1CCN(C(=O)c2nc(N[C@@H](C)c3cncc(F)c3)nc3ccsc23)C1. The molecule has 0 aliphatic carbocycles. The van der Waals surface area contributed by atoms with E-state index in [2.05, 4.69) is 25.6 Å². The first-order chi connectivity index (χ1) is 15.0. The summed E-state index contributed by atoms with van der Waals surface area (Å²) in [6.07, 6.45) is 3.34. The van der Waals surface area contributed by atoms with E-state index < -0.39 is 5.82 Å². The molecule has 0 bridgehead atoms. The van der Waals surface area contributed by atoms with Crippen LogP contribution in [0, 0.1) is 11.7 Å². The van der Waals surface area contributed by atoms with Crippen LogP contribution in [-0.4, -0.2) is 51.3 Å². The second-order valence-electron chi connectivity index (χ2n) is 7.46. The van der Waals surface area contributed by atoms with Crippen LogP contribution in [0.4, 0.5) is 10.3 Å². The summed E-state index contributed by atoms with van der Waals surface area (Å²) >= 11 is 1.40. The van der Waals surface area contributed by atoms with Crippen molar-refractivity contribution in [3.8, 4) is 0 Å². The first kappa shape index (κ1) is 21.1. The van der Waals surface area contributed by atoms with Crippen LogP contribution in [0.5, 0.6) is 0 Å². The van der Waals surface area contributed by atoms with E-state index >= 15 is 0 Å². The fraction of sp³-hybridized carbons (Fsp3) is 0.381. The standard InChI is InChI=1S/C21H23FN6O2S/c1-3-24-19(29)13-4-6-28(11-13)20(30)17-18-16(5-7-31-18)26-21(27-17)25-12(2)14-8-15(22)10-23-9-14/h5,7-10,12-13H,3-4,6,11H2,1-2H3,(H,24,29)(H,25,26,27)/t12-,13?/m0/s1. The number of fused-ring (bicyclic) bond motifs is 1. The number of likely N-dealkylation sites (tertiary alicyclic amines) is 1. The van der Waals surface area contributed by atoms with Crippen molar-refractivity contribution in [1.82, 2.24) is 25.2 Å². The van der Waals surface area contributed by atoms with Crippen molar-refractivity contribution in [2.24, 2.45) is 5.92 Å². The first-order valence-corrected chi connectivity index (χ1v) is 11.0. The Hall–Kier alpha value is -3.14. The number of aromatic nitrogens is 3. The monoisotopic (exact) mass is 442 g/mol. The quantitative estimate of drug-likeness (QED) is 0.609. The predicted octanol–water partition coefficient (Wildman–Crippen LogP) is 3.00. The molecule has 4 rings (SSSR count). The Kier molecular flexibility index (Phi) is 6.08. The van der Waals surface area contributed by atoms with E-state index in [1.807, 2.05) is 25.3 Å². The van der Waals surface area contributed by atoms with Crippen LogP contribution < -0.4 is 10.6 Å². The zero-order valence-electron chi connectivity index (χ0n) is 17.3. The number of halogens is 1. The van der Waals surface area contributed by atoms with Crippen molar-refractivity contribution < 1.29 is 14.0 Å². The predicted molar refractivity (Wildman–Crippen MR) is 116 cm³/mol. The highest BCUT2D eigenvalue weighted by Gasteiger charge is 2.33. The summed E-state index contributed by atoms with van der Waals surface area (Å²) in [6.45, 7) is 5.16. The van der Waals surface area contributed by atoms with E-state index in [9.17, 15) is 14.0 Å². The number of carbonyl (C=O) groups is 2. The Morgan fingerprint density at radius 2 is 2.19 bits per heavy atom. The van der Waals surface area contributed by atoms with E-state index in [1.54, 1.807) is 11.1 Å². The highest BCUT2D eigenvalue weighted by molar-refractivity contribution is 7.17. The fourth-order valence-electron chi connectivity index (χ4n) is 3.64. The zero-order chi connectivity index (χ0) is 22.0. The number of rotatable bonds is 6. The van der Waals surface area contributed by atoms with Gasteiger partial charge in [-0.05, 0) is 43.3 Å². The third-order valence-corrected chi connectivity index (χ3v) is 6.19. The molecular formula is C21H23FN6O2S. The number of nitrogens with one attached hydrogen (secondary N) is 2. The molecule has 0 radical (unpaired) electrons. The third-order valence-electron chi connectivity index (χ3n) is 5.28. The van der Waals surface area contributed by atoms with Gasteiger partial charge in [0.1, 0.15) is 5.82 Å². The van der Waals surface area contributed by atoms with Crippen molar-refractivity contribution in [1.29, 1.82) is 0 Å². The molecule has 2 atom stereocenters. The van der Waals surface area contributed by atoms with Gasteiger partial charge in [-0.25, -0.2) is 14.4 Å². The van der Waals surface area contributed by atoms with Crippen molar-refractivity contribution in [2.75, 3.05) is 25.0 Å². The zero-order valence-corrected chi connectivity index (χ0v) is 18.1. The van der Waals surface area contributed by atoms with Gasteiger partial charge >= 0.3 is 0 Å². The minimum atomic E-state index is -0.424. The summed E-state index contributed by atoms with van der Waals surface area (Å²) in [7, 11) is 0. The van der Waals surface area contributed by atoms with Crippen LogP contribution in [-0.2, 0) is 4.79 Å². The summed E-state index contributed by atoms with van der Waals surface area (Å²) in [5.41, 5.74) is 1.62. The van der Waals surface area contributed by atoms with Crippen LogP contribution in [0.15, 0.2) is 29.9 Å². The number of pyridine rings is 1. The molecule has 162 valence electrons. The van der Waals surface area contributed by atoms with Gasteiger partial charge in [0.15, 0.2) is 5.69 Å². The smallest absolute Gasteiger partial charge is 0.274 e. The molecule has 3 aromatic heterocycles. The Balaban J connectivity index is 1.57. The maximum absolute atomic E-state index is 13.5. The second kappa shape index (κ2) is 8.93. The van der Waals surface area contributed by atoms with Gasteiger partial charge in [0.2, 0.25) is 11.9 Å². The molecule has 0 aromatic carbocycles. The molecule has 1 aliphatic heterocycles. The number of carbonyl (C=O) groups excluding carboxylic acids is 2. The normalized spacial score (nSPS) is 17.0. The molecule has 2 N–H and O–H groups in total. The molecule has 2 amide bonds. The number of nitrogens with zero attached hydrogens (tertiary/aromatic N) is 4. The highest BCUT2D eigenvalue weighted by Crippen LogP contribution is 2.28. The van der Waals surface area contributed by atoms with Gasteiger partial charge in [-0.3, -0.25) is 14.6 Å². The fourth-order valence-corrected chi connectivity index (χ4v) is 4.45. The van der Waals surface area contributed by atoms with Gasteiger partial charge in [0.25, 0.3) is 5.91 Å². The van der Waals surface area contributed by atoms with Gasteiger partial charge in [-0.2, -0.15) is 0 Å². The van der Waals surface area contributed by atoms with E-state index in [1.165, 1.54) is 17.4 Å². The van der Waals surface area contributed by atoms with Crippen LogP contribution in [0.25, 0.3) is 10.2 Å². The number of hydrogen-bond donors (Lipinski definition) is 2. The van der Waals surface area contributed by atoms with Gasteiger partial charge in [-0.1, -0.05) is 0 Å². The van der Waals surface area contributed by atoms with Crippen LogP contribution in [0.3, 0.4) is 0 Å². The molecule has 1 fully saturated rings. The maximum atomic E-state index is 13.5. The average molecular weight is 443 g/mol. The molecule has 1 saturated heterocycles. The van der Waals surface area contributed by atoms with E-state index in [0.29, 0.717) is 47.5 Å². The van der Waals surface area contributed by atoms with Gasteiger partial charge in [0.05, 0.1) is 28.4 Å². The van der Waals surface area contributed by atoms with E-state index in [-0.39, 0.29) is 29.7 Å². The average Bonchev–Trinajstić information content (AvgIpc) is 3.42. The summed E-state index contributed by atoms with van der Waals surface area (Å²) in [5.74, 6) is -0.591. The number of anilines is 1. The summed E-state index contributed by atoms with van der Waals surface area (Å²) in [5, 5.41) is 7.82. The Labute approximate surface area is 182 Å². The molecule has 10 heteroatoms. The minimum absolute atomic E-state index is 0.0263. The molecule has 0 saturated carbocycles. The Morgan fingerprint density at radius 1 is 1.35 bits per heavy atom. The molecule has 1 aliphatic rings. The summed E-state index contributed by atoms with van der Waals surface area (Å²) < 4.78 is 14.2.